The van der Waals surface area contributed by atoms with Crippen LogP contribution in [-0.4, -0.2) is 43.7 Å². The van der Waals surface area contributed by atoms with E-state index in [4.69, 9.17) is 0 Å². The number of benzene rings is 1. The number of sulfonamides is 1. The summed E-state index contributed by atoms with van der Waals surface area (Å²) in [5.74, 6) is -0.607. The Balaban J connectivity index is 1.39. The molecule has 2 amide bonds. The Morgan fingerprint density at radius 3 is 2.25 bits per heavy atom. The van der Waals surface area contributed by atoms with Crippen LogP contribution in [0.1, 0.15) is 52.7 Å². The summed E-state index contributed by atoms with van der Waals surface area (Å²) in [6.07, 6.45) is 2.90. The predicted octanol–water partition coefficient (Wildman–Crippen LogP) is 3.60. The van der Waals surface area contributed by atoms with Gasteiger partial charge in [0.1, 0.15) is 5.00 Å². The molecule has 0 unspecified atom stereocenters. The highest BCUT2D eigenvalue weighted by molar-refractivity contribution is 7.89. The number of rotatable bonds is 6. The molecule has 0 spiro atoms. The Kier molecular flexibility index (Phi) is 6.42. The van der Waals surface area contributed by atoms with Crippen LogP contribution in [0.15, 0.2) is 28.5 Å². The Morgan fingerprint density at radius 2 is 1.66 bits per heavy atom. The first-order valence-corrected chi connectivity index (χ1v) is 13.3. The van der Waals surface area contributed by atoms with Crippen molar-refractivity contribution in [3.05, 3.63) is 45.8 Å². The van der Waals surface area contributed by atoms with E-state index in [0.717, 1.165) is 29.5 Å². The SMILES string of the molecule is Cc1cc(C)c(S(=O)(=O)N2CCC(C(=O)Nc3sccc3C(=O)NC3CC3)CC2)c(C)c1. The van der Waals surface area contributed by atoms with E-state index in [-0.39, 0.29) is 23.8 Å². The standard InChI is InChI=1S/C23H29N3O4S2/c1-14-12-15(2)20(16(3)13-14)32(29,30)26-9-6-17(7-10-26)21(27)25-23-19(8-11-31-23)22(28)24-18-4-5-18/h8,11-13,17-18H,4-7,9-10H2,1-3H3,(H,24,28)(H,25,27). The van der Waals surface area contributed by atoms with Gasteiger partial charge < -0.3 is 10.6 Å². The summed E-state index contributed by atoms with van der Waals surface area (Å²) in [5.41, 5.74) is 3.02. The molecule has 1 aromatic carbocycles. The zero-order chi connectivity index (χ0) is 23.0. The lowest BCUT2D eigenvalue weighted by Crippen LogP contribution is -2.41. The number of aryl methyl sites for hydroxylation is 3. The molecule has 4 rings (SSSR count). The first-order chi connectivity index (χ1) is 15.2. The van der Waals surface area contributed by atoms with Gasteiger partial charge >= 0.3 is 0 Å². The lowest BCUT2D eigenvalue weighted by atomic mass is 9.97. The lowest BCUT2D eigenvalue weighted by Gasteiger charge is -2.31. The van der Waals surface area contributed by atoms with Crippen molar-refractivity contribution >= 4 is 38.2 Å². The molecule has 2 aliphatic rings. The minimum atomic E-state index is -3.61. The van der Waals surface area contributed by atoms with Crippen molar-refractivity contribution in [2.45, 2.75) is 57.4 Å². The average Bonchev–Trinajstić information content (AvgIpc) is 3.41. The third-order valence-corrected chi connectivity index (χ3v) is 9.12. The molecule has 9 heteroatoms. The van der Waals surface area contributed by atoms with Crippen LogP contribution in [0.2, 0.25) is 0 Å². The van der Waals surface area contributed by atoms with Crippen molar-refractivity contribution < 1.29 is 18.0 Å². The van der Waals surface area contributed by atoms with Crippen LogP contribution < -0.4 is 10.6 Å². The molecular weight excluding hydrogens is 446 g/mol. The molecule has 0 radical (unpaired) electrons. The molecule has 0 bridgehead atoms. The highest BCUT2D eigenvalue weighted by atomic mass is 32.2. The minimum absolute atomic E-state index is 0.159. The summed E-state index contributed by atoms with van der Waals surface area (Å²) >= 11 is 1.33. The maximum Gasteiger partial charge on any atom is 0.254 e. The molecule has 1 aliphatic heterocycles. The van der Waals surface area contributed by atoms with Crippen molar-refractivity contribution in [3.63, 3.8) is 0 Å². The fraction of sp³-hybridized carbons (Fsp3) is 0.478. The molecule has 1 aliphatic carbocycles. The summed E-state index contributed by atoms with van der Waals surface area (Å²) in [6.45, 7) is 6.20. The van der Waals surface area contributed by atoms with Crippen LogP contribution in [0, 0.1) is 26.7 Å². The fourth-order valence-electron chi connectivity index (χ4n) is 4.35. The van der Waals surface area contributed by atoms with E-state index in [2.05, 4.69) is 10.6 Å². The zero-order valence-electron chi connectivity index (χ0n) is 18.6. The smallest absolute Gasteiger partial charge is 0.254 e. The van der Waals surface area contributed by atoms with Crippen LogP contribution in [-0.2, 0) is 14.8 Å². The fourth-order valence-corrected chi connectivity index (χ4v) is 7.02. The Morgan fingerprint density at radius 1 is 1.03 bits per heavy atom. The van der Waals surface area contributed by atoms with Gasteiger partial charge in [-0.25, -0.2) is 8.42 Å². The second-order valence-corrected chi connectivity index (χ2v) is 11.6. The van der Waals surface area contributed by atoms with Crippen LogP contribution >= 0.6 is 11.3 Å². The van der Waals surface area contributed by atoms with Gasteiger partial charge in [0.15, 0.2) is 0 Å². The van der Waals surface area contributed by atoms with Crippen LogP contribution in [0.4, 0.5) is 5.00 Å². The largest absolute Gasteiger partial charge is 0.349 e. The molecule has 1 saturated heterocycles. The number of nitrogens with zero attached hydrogens (tertiary/aromatic N) is 1. The summed E-state index contributed by atoms with van der Waals surface area (Å²) in [6, 6.07) is 5.74. The topological polar surface area (TPSA) is 95.6 Å². The second-order valence-electron chi connectivity index (χ2n) is 8.81. The maximum absolute atomic E-state index is 13.3. The number of hydrogen-bond acceptors (Lipinski definition) is 5. The number of nitrogens with one attached hydrogen (secondary N) is 2. The molecule has 2 heterocycles. The number of piperidine rings is 1. The number of anilines is 1. The molecule has 0 atom stereocenters. The highest BCUT2D eigenvalue weighted by Gasteiger charge is 2.34. The molecule has 2 N–H and O–H groups in total. The van der Waals surface area contributed by atoms with Crippen molar-refractivity contribution in [2.75, 3.05) is 18.4 Å². The third kappa shape index (κ3) is 4.74. The Labute approximate surface area is 193 Å². The highest BCUT2D eigenvalue weighted by Crippen LogP contribution is 2.31. The number of carbonyl (C=O) groups excluding carboxylic acids is 2. The molecular formula is C23H29N3O4S2. The van der Waals surface area contributed by atoms with Gasteiger partial charge in [0.25, 0.3) is 5.91 Å². The maximum atomic E-state index is 13.3. The first kappa shape index (κ1) is 22.9. The van der Waals surface area contributed by atoms with E-state index in [9.17, 15) is 18.0 Å². The monoisotopic (exact) mass is 475 g/mol. The van der Waals surface area contributed by atoms with E-state index in [1.807, 2.05) is 32.9 Å². The third-order valence-electron chi connectivity index (χ3n) is 6.09. The molecule has 1 saturated carbocycles. The second kappa shape index (κ2) is 8.96. The zero-order valence-corrected chi connectivity index (χ0v) is 20.2. The predicted molar refractivity (Wildman–Crippen MR) is 126 cm³/mol. The van der Waals surface area contributed by atoms with Gasteiger partial charge in [0.2, 0.25) is 15.9 Å². The number of amides is 2. The summed E-state index contributed by atoms with van der Waals surface area (Å²) in [4.78, 5) is 25.6. The van der Waals surface area contributed by atoms with Gasteiger partial charge in [-0.1, -0.05) is 17.7 Å². The van der Waals surface area contributed by atoms with E-state index in [1.54, 1.807) is 11.4 Å². The molecule has 1 aromatic heterocycles. The molecule has 2 fully saturated rings. The van der Waals surface area contributed by atoms with Gasteiger partial charge in [0.05, 0.1) is 10.5 Å². The number of carbonyl (C=O) groups is 2. The van der Waals surface area contributed by atoms with Gasteiger partial charge in [0, 0.05) is 25.0 Å². The van der Waals surface area contributed by atoms with Crippen LogP contribution in [0.3, 0.4) is 0 Å². The van der Waals surface area contributed by atoms with E-state index >= 15 is 0 Å². The minimum Gasteiger partial charge on any atom is -0.349 e. The summed E-state index contributed by atoms with van der Waals surface area (Å²) in [7, 11) is -3.61. The van der Waals surface area contributed by atoms with Crippen molar-refractivity contribution in [1.82, 2.24) is 9.62 Å². The summed E-state index contributed by atoms with van der Waals surface area (Å²) in [5, 5.41) is 8.18. The van der Waals surface area contributed by atoms with Gasteiger partial charge in [-0.15, -0.1) is 11.3 Å². The Bertz CT molecular complexity index is 1120. The van der Waals surface area contributed by atoms with E-state index in [1.165, 1.54) is 15.6 Å². The van der Waals surface area contributed by atoms with E-state index in [0.29, 0.717) is 41.4 Å². The molecule has 7 nitrogen and oxygen atoms in total. The molecule has 32 heavy (non-hydrogen) atoms. The molecule has 172 valence electrons. The van der Waals surface area contributed by atoms with Crippen LogP contribution in [0.5, 0.6) is 0 Å². The quantitative estimate of drug-likeness (QED) is 0.667. The molecule has 2 aromatic rings. The number of thiophene rings is 1. The number of hydrogen-bond donors (Lipinski definition) is 2. The summed E-state index contributed by atoms with van der Waals surface area (Å²) < 4.78 is 28.0. The van der Waals surface area contributed by atoms with E-state index < -0.39 is 10.0 Å². The normalized spacial score (nSPS) is 17.8. The van der Waals surface area contributed by atoms with Gasteiger partial charge in [-0.3, -0.25) is 9.59 Å². The van der Waals surface area contributed by atoms with Crippen molar-refractivity contribution in [2.24, 2.45) is 5.92 Å². The average molecular weight is 476 g/mol. The van der Waals surface area contributed by atoms with Gasteiger partial charge in [-0.05, 0) is 69.0 Å². The van der Waals surface area contributed by atoms with Gasteiger partial charge in [-0.2, -0.15) is 4.31 Å². The first-order valence-electron chi connectivity index (χ1n) is 10.9. The Hall–Kier alpha value is -2.23. The van der Waals surface area contributed by atoms with Crippen molar-refractivity contribution in [1.29, 1.82) is 0 Å². The van der Waals surface area contributed by atoms with Crippen molar-refractivity contribution in [3.8, 4) is 0 Å². The van der Waals surface area contributed by atoms with Crippen LogP contribution in [0.25, 0.3) is 0 Å². The lowest BCUT2D eigenvalue weighted by molar-refractivity contribution is -0.120.